The van der Waals surface area contributed by atoms with Crippen molar-refractivity contribution in [3.8, 4) is 0 Å². The fourth-order valence-corrected chi connectivity index (χ4v) is 1.53. The van der Waals surface area contributed by atoms with E-state index in [2.05, 4.69) is 25.8 Å². The lowest BCUT2D eigenvalue weighted by atomic mass is 10.2. The molecule has 0 aromatic carbocycles. The summed E-state index contributed by atoms with van der Waals surface area (Å²) in [6.45, 7) is 2.63. The van der Waals surface area contributed by atoms with Crippen molar-refractivity contribution < 1.29 is 0 Å². The predicted molar refractivity (Wildman–Crippen MR) is 65.1 cm³/mol. The predicted octanol–water partition coefficient (Wildman–Crippen LogP) is 0.416. The molecule has 17 heavy (non-hydrogen) atoms. The summed E-state index contributed by atoms with van der Waals surface area (Å²) in [4.78, 5) is 8.21. The lowest BCUT2D eigenvalue weighted by Gasteiger charge is -2.05. The Labute approximate surface area is 99.0 Å². The van der Waals surface area contributed by atoms with Crippen molar-refractivity contribution in [1.82, 2.24) is 19.7 Å². The normalized spacial score (nSPS) is 10.3. The number of anilines is 2. The van der Waals surface area contributed by atoms with Crippen LogP contribution in [-0.4, -0.2) is 19.7 Å². The van der Waals surface area contributed by atoms with Crippen LogP contribution in [0.4, 0.5) is 11.6 Å². The van der Waals surface area contributed by atoms with Gasteiger partial charge in [-0.25, -0.2) is 10.8 Å². The molecule has 7 heteroatoms. The minimum absolute atomic E-state index is 0.526. The third-order valence-electron chi connectivity index (χ3n) is 2.36. The van der Waals surface area contributed by atoms with Crippen LogP contribution in [0.1, 0.15) is 11.3 Å². The van der Waals surface area contributed by atoms with E-state index in [-0.39, 0.29) is 0 Å². The first-order valence-electron chi connectivity index (χ1n) is 5.20. The molecule has 7 nitrogen and oxygen atoms in total. The topological polar surface area (TPSA) is 93.7 Å². The number of hydrogen-bond acceptors (Lipinski definition) is 6. The third kappa shape index (κ3) is 2.70. The van der Waals surface area contributed by atoms with Gasteiger partial charge in [0.25, 0.3) is 0 Å². The van der Waals surface area contributed by atoms with E-state index in [1.54, 1.807) is 17.1 Å². The molecule has 2 rings (SSSR count). The Hall–Kier alpha value is -2.15. The third-order valence-corrected chi connectivity index (χ3v) is 2.36. The number of nitrogen functional groups attached to an aromatic ring is 1. The van der Waals surface area contributed by atoms with E-state index in [4.69, 9.17) is 5.84 Å². The SMILES string of the molecule is Cc1nn(C)cc1CNc1cncc(NN)n1. The van der Waals surface area contributed by atoms with Crippen LogP contribution in [0.2, 0.25) is 0 Å². The average molecular weight is 233 g/mol. The highest BCUT2D eigenvalue weighted by molar-refractivity contribution is 5.41. The van der Waals surface area contributed by atoms with Gasteiger partial charge in [-0.3, -0.25) is 9.67 Å². The maximum atomic E-state index is 5.26. The molecule has 0 radical (unpaired) electrons. The summed E-state index contributed by atoms with van der Waals surface area (Å²) >= 11 is 0. The second-order valence-corrected chi connectivity index (χ2v) is 3.70. The van der Waals surface area contributed by atoms with Gasteiger partial charge >= 0.3 is 0 Å². The van der Waals surface area contributed by atoms with Crippen LogP contribution in [0.15, 0.2) is 18.6 Å². The van der Waals surface area contributed by atoms with Crippen molar-refractivity contribution in [1.29, 1.82) is 0 Å². The van der Waals surface area contributed by atoms with Crippen LogP contribution in [0.5, 0.6) is 0 Å². The van der Waals surface area contributed by atoms with E-state index in [0.717, 1.165) is 11.3 Å². The Bertz CT molecular complexity index is 505. The van der Waals surface area contributed by atoms with Gasteiger partial charge in [0.2, 0.25) is 0 Å². The van der Waals surface area contributed by atoms with Crippen LogP contribution in [0, 0.1) is 6.92 Å². The zero-order valence-corrected chi connectivity index (χ0v) is 9.81. The van der Waals surface area contributed by atoms with Crippen LogP contribution in [0.25, 0.3) is 0 Å². The monoisotopic (exact) mass is 233 g/mol. The van der Waals surface area contributed by atoms with Crippen LogP contribution < -0.4 is 16.6 Å². The van der Waals surface area contributed by atoms with E-state index in [0.29, 0.717) is 18.2 Å². The minimum Gasteiger partial charge on any atom is -0.365 e. The Morgan fingerprint density at radius 1 is 1.35 bits per heavy atom. The Morgan fingerprint density at radius 2 is 2.12 bits per heavy atom. The van der Waals surface area contributed by atoms with Gasteiger partial charge in [0.1, 0.15) is 5.82 Å². The van der Waals surface area contributed by atoms with Gasteiger partial charge in [0.05, 0.1) is 18.1 Å². The molecule has 2 aromatic heterocycles. The summed E-state index contributed by atoms with van der Waals surface area (Å²) in [6.07, 6.45) is 5.17. The molecule has 0 aliphatic carbocycles. The Morgan fingerprint density at radius 3 is 2.76 bits per heavy atom. The standard InChI is InChI=1S/C10H15N7/c1-7-8(6-17(2)16-7)3-13-9-4-12-5-10(14-9)15-11/h4-6H,3,11H2,1-2H3,(H2,13,14,15). The summed E-state index contributed by atoms with van der Waals surface area (Å²) in [7, 11) is 1.90. The van der Waals surface area contributed by atoms with Crippen molar-refractivity contribution >= 4 is 11.6 Å². The van der Waals surface area contributed by atoms with Gasteiger partial charge in [0, 0.05) is 25.4 Å². The summed E-state index contributed by atoms with van der Waals surface area (Å²) in [5.41, 5.74) is 4.58. The number of nitrogens with two attached hydrogens (primary N) is 1. The van der Waals surface area contributed by atoms with E-state index >= 15 is 0 Å². The Kier molecular flexibility index (Phi) is 3.20. The van der Waals surface area contributed by atoms with E-state index < -0.39 is 0 Å². The second-order valence-electron chi connectivity index (χ2n) is 3.70. The average Bonchev–Trinajstić information content (AvgIpc) is 2.65. The molecule has 0 fully saturated rings. The molecule has 0 aliphatic heterocycles. The smallest absolute Gasteiger partial charge is 0.160 e. The van der Waals surface area contributed by atoms with Gasteiger partial charge in [-0.15, -0.1) is 0 Å². The first kappa shape index (κ1) is 11.3. The maximum Gasteiger partial charge on any atom is 0.160 e. The summed E-state index contributed by atoms with van der Waals surface area (Å²) < 4.78 is 1.79. The zero-order valence-electron chi connectivity index (χ0n) is 9.81. The molecule has 0 atom stereocenters. The molecule has 2 aromatic rings. The molecule has 0 saturated heterocycles. The molecule has 0 bridgehead atoms. The van der Waals surface area contributed by atoms with Crippen molar-refractivity contribution in [3.05, 3.63) is 29.8 Å². The molecule has 0 aliphatic rings. The number of rotatable bonds is 4. The fourth-order valence-electron chi connectivity index (χ4n) is 1.53. The number of nitrogens with one attached hydrogen (secondary N) is 2. The van der Waals surface area contributed by atoms with E-state index in [9.17, 15) is 0 Å². The van der Waals surface area contributed by atoms with Crippen molar-refractivity contribution in [2.24, 2.45) is 12.9 Å². The van der Waals surface area contributed by atoms with E-state index in [1.807, 2.05) is 20.2 Å². The lowest BCUT2D eigenvalue weighted by Crippen LogP contribution is -2.10. The first-order valence-corrected chi connectivity index (χ1v) is 5.20. The number of hydrogen-bond donors (Lipinski definition) is 3. The quantitative estimate of drug-likeness (QED) is 0.523. The molecular formula is C10H15N7. The molecule has 0 unspecified atom stereocenters. The molecule has 90 valence electrons. The van der Waals surface area contributed by atoms with Gasteiger partial charge in [-0.05, 0) is 6.92 Å². The molecule has 0 saturated carbocycles. The highest BCUT2D eigenvalue weighted by Crippen LogP contribution is 2.09. The zero-order chi connectivity index (χ0) is 12.3. The summed E-state index contributed by atoms with van der Waals surface area (Å²) in [5, 5.41) is 7.43. The first-order chi connectivity index (χ1) is 8.19. The fraction of sp³-hybridized carbons (Fsp3) is 0.300. The molecule has 0 spiro atoms. The summed E-state index contributed by atoms with van der Waals surface area (Å²) in [5.74, 6) is 6.46. The van der Waals surface area contributed by atoms with Gasteiger partial charge < -0.3 is 10.7 Å². The number of hydrazine groups is 1. The molecule has 0 amide bonds. The maximum absolute atomic E-state index is 5.26. The molecule has 2 heterocycles. The van der Waals surface area contributed by atoms with Gasteiger partial charge in [-0.2, -0.15) is 5.10 Å². The van der Waals surface area contributed by atoms with Crippen molar-refractivity contribution in [2.75, 3.05) is 10.7 Å². The largest absolute Gasteiger partial charge is 0.365 e. The van der Waals surface area contributed by atoms with E-state index in [1.165, 1.54) is 0 Å². The minimum atomic E-state index is 0.526. The lowest BCUT2D eigenvalue weighted by molar-refractivity contribution is 0.756. The van der Waals surface area contributed by atoms with Crippen LogP contribution in [-0.2, 0) is 13.6 Å². The van der Waals surface area contributed by atoms with Gasteiger partial charge in [-0.1, -0.05) is 0 Å². The number of aryl methyl sites for hydroxylation is 2. The molecular weight excluding hydrogens is 218 g/mol. The number of nitrogens with zero attached hydrogens (tertiary/aromatic N) is 4. The second kappa shape index (κ2) is 4.79. The molecule has 4 N–H and O–H groups in total. The number of aromatic nitrogens is 4. The van der Waals surface area contributed by atoms with Gasteiger partial charge in [0.15, 0.2) is 5.82 Å². The highest BCUT2D eigenvalue weighted by Gasteiger charge is 2.03. The Balaban J connectivity index is 2.04. The van der Waals surface area contributed by atoms with Crippen molar-refractivity contribution in [3.63, 3.8) is 0 Å². The van der Waals surface area contributed by atoms with Crippen LogP contribution in [0.3, 0.4) is 0 Å². The van der Waals surface area contributed by atoms with Crippen LogP contribution >= 0.6 is 0 Å². The van der Waals surface area contributed by atoms with Crippen molar-refractivity contribution in [2.45, 2.75) is 13.5 Å². The highest BCUT2D eigenvalue weighted by atomic mass is 15.3. The summed E-state index contributed by atoms with van der Waals surface area (Å²) in [6, 6.07) is 0.